The molecule has 1 amide bonds. The SMILES string of the molecule is CC1(C)OB(c2ccc(C(=O)NC[C@@H]3C[C@H]3CCC(F)(F)F)cc2)OC1(C)C. The van der Waals surface area contributed by atoms with Crippen LogP contribution < -0.4 is 10.8 Å². The summed E-state index contributed by atoms with van der Waals surface area (Å²) in [7, 11) is -0.483. The number of amides is 1. The Balaban J connectivity index is 1.47. The van der Waals surface area contributed by atoms with Crippen molar-refractivity contribution in [2.24, 2.45) is 11.8 Å². The normalized spacial score (nSPS) is 25.6. The highest BCUT2D eigenvalue weighted by molar-refractivity contribution is 6.62. The minimum atomic E-state index is -4.10. The van der Waals surface area contributed by atoms with Crippen molar-refractivity contribution in [2.75, 3.05) is 6.54 Å². The number of carbonyl (C=O) groups is 1. The van der Waals surface area contributed by atoms with Gasteiger partial charge < -0.3 is 14.6 Å². The summed E-state index contributed by atoms with van der Waals surface area (Å²) in [6, 6.07) is 7.04. The van der Waals surface area contributed by atoms with Crippen LogP contribution in [0.4, 0.5) is 13.2 Å². The number of hydrogen-bond donors (Lipinski definition) is 1. The van der Waals surface area contributed by atoms with Crippen LogP contribution in [-0.4, -0.2) is 36.9 Å². The molecule has 1 saturated carbocycles. The predicted molar refractivity (Wildman–Crippen MR) is 101 cm³/mol. The maximum absolute atomic E-state index is 12.3. The minimum Gasteiger partial charge on any atom is -0.399 e. The third kappa shape index (κ3) is 4.89. The smallest absolute Gasteiger partial charge is 0.399 e. The molecule has 0 radical (unpaired) electrons. The van der Waals surface area contributed by atoms with Gasteiger partial charge in [-0.25, -0.2) is 0 Å². The van der Waals surface area contributed by atoms with Gasteiger partial charge in [-0.2, -0.15) is 13.2 Å². The molecule has 2 atom stereocenters. The van der Waals surface area contributed by atoms with E-state index in [1.807, 2.05) is 27.7 Å². The molecule has 0 spiro atoms. The number of hydrogen-bond acceptors (Lipinski definition) is 3. The molecule has 1 aliphatic carbocycles. The summed E-state index contributed by atoms with van der Waals surface area (Å²) in [5, 5.41) is 2.82. The quantitative estimate of drug-likeness (QED) is 0.745. The molecule has 28 heavy (non-hydrogen) atoms. The molecule has 1 saturated heterocycles. The molecule has 2 fully saturated rings. The van der Waals surface area contributed by atoms with Crippen LogP contribution in [0.5, 0.6) is 0 Å². The Kier molecular flexibility index (Phi) is 5.58. The van der Waals surface area contributed by atoms with Crippen LogP contribution in [0.3, 0.4) is 0 Å². The van der Waals surface area contributed by atoms with Gasteiger partial charge in [0.2, 0.25) is 0 Å². The molecule has 1 N–H and O–H groups in total. The molecule has 1 heterocycles. The van der Waals surface area contributed by atoms with Gasteiger partial charge in [-0.15, -0.1) is 0 Å². The summed E-state index contributed by atoms with van der Waals surface area (Å²) in [5.41, 5.74) is 0.485. The highest BCUT2D eigenvalue weighted by atomic mass is 19.4. The molecule has 0 unspecified atom stereocenters. The van der Waals surface area contributed by atoms with Crippen LogP contribution in [0.15, 0.2) is 24.3 Å². The summed E-state index contributed by atoms with van der Waals surface area (Å²) in [6.45, 7) is 8.34. The van der Waals surface area contributed by atoms with E-state index in [0.29, 0.717) is 12.1 Å². The minimum absolute atomic E-state index is 0.0627. The van der Waals surface area contributed by atoms with Gasteiger partial charge in [-0.3, -0.25) is 4.79 Å². The summed E-state index contributed by atoms with van der Waals surface area (Å²) < 4.78 is 48.7. The molecule has 1 aliphatic heterocycles. The monoisotopic (exact) mass is 397 g/mol. The number of benzene rings is 1. The van der Waals surface area contributed by atoms with Crippen LogP contribution >= 0.6 is 0 Å². The van der Waals surface area contributed by atoms with Crippen molar-refractivity contribution in [2.45, 2.75) is 64.3 Å². The van der Waals surface area contributed by atoms with E-state index in [2.05, 4.69) is 5.32 Å². The molecule has 1 aromatic rings. The zero-order valence-electron chi connectivity index (χ0n) is 16.7. The fourth-order valence-corrected chi connectivity index (χ4v) is 3.36. The standard InChI is InChI=1S/C20H27BF3NO3/c1-18(2)19(3,4)28-21(27-18)16-7-5-13(6-8-16)17(26)25-12-15-11-14(15)9-10-20(22,23)24/h5-8,14-15H,9-12H2,1-4H3,(H,25,26)/t14-,15+/m1/s1. The van der Waals surface area contributed by atoms with E-state index >= 15 is 0 Å². The van der Waals surface area contributed by atoms with Crippen LogP contribution in [-0.2, 0) is 9.31 Å². The van der Waals surface area contributed by atoms with Crippen LogP contribution in [0, 0.1) is 11.8 Å². The second-order valence-corrected chi connectivity index (χ2v) is 8.83. The van der Waals surface area contributed by atoms with Crippen molar-refractivity contribution in [3.05, 3.63) is 29.8 Å². The van der Waals surface area contributed by atoms with E-state index in [4.69, 9.17) is 9.31 Å². The van der Waals surface area contributed by atoms with Gasteiger partial charge in [0, 0.05) is 18.5 Å². The Hall–Kier alpha value is -1.54. The third-order valence-corrected chi connectivity index (χ3v) is 6.09. The van der Waals surface area contributed by atoms with E-state index in [-0.39, 0.29) is 24.2 Å². The van der Waals surface area contributed by atoms with Gasteiger partial charge in [0.25, 0.3) is 5.91 Å². The molecule has 0 bridgehead atoms. The summed E-state index contributed by atoms with van der Waals surface area (Å²) in [6.07, 6.45) is -3.96. The van der Waals surface area contributed by atoms with Crippen molar-refractivity contribution in [1.29, 1.82) is 0 Å². The Morgan fingerprint density at radius 2 is 1.68 bits per heavy atom. The molecule has 4 nitrogen and oxygen atoms in total. The largest absolute Gasteiger partial charge is 0.494 e. The molecule has 1 aromatic carbocycles. The predicted octanol–water partition coefficient (Wildman–Crippen LogP) is 3.69. The Labute approximate surface area is 164 Å². The number of nitrogens with one attached hydrogen (secondary N) is 1. The lowest BCUT2D eigenvalue weighted by molar-refractivity contribution is -0.136. The molecule has 0 aromatic heterocycles. The maximum atomic E-state index is 12.3. The average Bonchev–Trinajstić information content (AvgIpc) is 3.30. The molecule has 2 aliphatic rings. The van der Waals surface area contributed by atoms with E-state index in [9.17, 15) is 18.0 Å². The lowest BCUT2D eigenvalue weighted by Gasteiger charge is -2.32. The molecule has 3 rings (SSSR count). The van der Waals surface area contributed by atoms with Gasteiger partial charge in [-0.1, -0.05) is 12.1 Å². The van der Waals surface area contributed by atoms with Gasteiger partial charge in [0.15, 0.2) is 0 Å². The molecular weight excluding hydrogens is 370 g/mol. The maximum Gasteiger partial charge on any atom is 0.494 e. The average molecular weight is 397 g/mol. The van der Waals surface area contributed by atoms with E-state index in [1.54, 1.807) is 24.3 Å². The second kappa shape index (κ2) is 7.37. The topological polar surface area (TPSA) is 47.6 Å². The first-order valence-electron chi connectivity index (χ1n) is 9.68. The molecular formula is C20H27BF3NO3. The van der Waals surface area contributed by atoms with Crippen LogP contribution in [0.1, 0.15) is 57.3 Å². The first kappa shape index (κ1) is 21.2. The number of halogens is 3. The van der Waals surface area contributed by atoms with Gasteiger partial charge in [0.05, 0.1) is 11.2 Å². The van der Waals surface area contributed by atoms with Crippen molar-refractivity contribution < 1.29 is 27.3 Å². The zero-order chi connectivity index (χ0) is 20.7. The highest BCUT2D eigenvalue weighted by Crippen LogP contribution is 2.43. The lowest BCUT2D eigenvalue weighted by atomic mass is 9.79. The zero-order valence-corrected chi connectivity index (χ0v) is 16.7. The van der Waals surface area contributed by atoms with Gasteiger partial charge in [0.1, 0.15) is 0 Å². The molecule has 8 heteroatoms. The molecule has 154 valence electrons. The second-order valence-electron chi connectivity index (χ2n) is 8.83. The highest BCUT2D eigenvalue weighted by Gasteiger charge is 2.51. The van der Waals surface area contributed by atoms with Crippen molar-refractivity contribution in [1.82, 2.24) is 5.32 Å². The fraction of sp³-hybridized carbons (Fsp3) is 0.650. The summed E-state index contributed by atoms with van der Waals surface area (Å²) >= 11 is 0. The van der Waals surface area contributed by atoms with Crippen LogP contribution in [0.25, 0.3) is 0 Å². The fourth-order valence-electron chi connectivity index (χ4n) is 3.36. The van der Waals surface area contributed by atoms with Crippen molar-refractivity contribution in [3.8, 4) is 0 Å². The van der Waals surface area contributed by atoms with Gasteiger partial charge >= 0.3 is 13.3 Å². The first-order chi connectivity index (χ1) is 12.9. The third-order valence-electron chi connectivity index (χ3n) is 6.09. The van der Waals surface area contributed by atoms with Crippen molar-refractivity contribution in [3.63, 3.8) is 0 Å². The summed E-state index contributed by atoms with van der Waals surface area (Å²) in [4.78, 5) is 12.3. The Bertz CT molecular complexity index is 702. The lowest BCUT2D eigenvalue weighted by Crippen LogP contribution is -2.41. The number of rotatable bonds is 6. The van der Waals surface area contributed by atoms with Crippen molar-refractivity contribution >= 4 is 18.5 Å². The van der Waals surface area contributed by atoms with Gasteiger partial charge in [-0.05, 0) is 70.0 Å². The summed E-state index contributed by atoms with van der Waals surface area (Å²) in [5.74, 6) is -0.00932. The first-order valence-corrected chi connectivity index (χ1v) is 9.68. The number of carbonyl (C=O) groups excluding carboxylic acids is 1. The van der Waals surface area contributed by atoms with E-state index in [1.165, 1.54) is 0 Å². The number of alkyl halides is 3. The van der Waals surface area contributed by atoms with E-state index in [0.717, 1.165) is 11.9 Å². The Morgan fingerprint density at radius 1 is 1.11 bits per heavy atom. The Morgan fingerprint density at radius 3 is 2.21 bits per heavy atom. The van der Waals surface area contributed by atoms with E-state index < -0.39 is 30.9 Å². The van der Waals surface area contributed by atoms with Crippen LogP contribution in [0.2, 0.25) is 0 Å².